The Kier molecular flexibility index (Phi) is 5.19. The number of furan rings is 1. The van der Waals surface area contributed by atoms with Gasteiger partial charge in [0.05, 0.1) is 12.0 Å². The summed E-state index contributed by atoms with van der Waals surface area (Å²) in [7, 11) is 0. The highest BCUT2D eigenvalue weighted by Crippen LogP contribution is 2.22. The van der Waals surface area contributed by atoms with Crippen molar-refractivity contribution in [2.75, 3.05) is 23.4 Å². The first-order valence-corrected chi connectivity index (χ1v) is 7.38. The Morgan fingerprint density at radius 3 is 2.70 bits per heavy atom. The molecule has 2 rings (SSSR count). The lowest BCUT2D eigenvalue weighted by Crippen LogP contribution is -2.25. The fourth-order valence-corrected chi connectivity index (χ4v) is 2.39. The summed E-state index contributed by atoms with van der Waals surface area (Å²) in [5.74, 6) is 7.94. The summed E-state index contributed by atoms with van der Waals surface area (Å²) in [6, 6.07) is 3.78. The number of anilines is 2. The van der Waals surface area contributed by atoms with E-state index >= 15 is 0 Å². The first-order chi connectivity index (χ1) is 9.76. The van der Waals surface area contributed by atoms with Crippen LogP contribution in [0.2, 0.25) is 0 Å². The second-order valence-electron chi connectivity index (χ2n) is 3.93. The van der Waals surface area contributed by atoms with E-state index in [0.29, 0.717) is 22.8 Å². The SMILES string of the molecule is CCN(CC)c1nc(NN)nc(SCc2ccco2)n1. The smallest absolute Gasteiger partial charge is 0.242 e. The van der Waals surface area contributed by atoms with Crippen LogP contribution < -0.4 is 16.2 Å². The van der Waals surface area contributed by atoms with Crippen molar-refractivity contribution in [1.29, 1.82) is 0 Å². The minimum Gasteiger partial charge on any atom is -0.468 e. The molecule has 0 amide bonds. The monoisotopic (exact) mass is 294 g/mol. The molecule has 108 valence electrons. The predicted octanol–water partition coefficient (Wildman–Crippen LogP) is 1.89. The van der Waals surface area contributed by atoms with Gasteiger partial charge in [-0.1, -0.05) is 11.8 Å². The zero-order valence-electron chi connectivity index (χ0n) is 11.5. The van der Waals surface area contributed by atoms with Gasteiger partial charge >= 0.3 is 0 Å². The van der Waals surface area contributed by atoms with Crippen LogP contribution in [0.25, 0.3) is 0 Å². The summed E-state index contributed by atoms with van der Waals surface area (Å²) >= 11 is 1.48. The van der Waals surface area contributed by atoms with Crippen molar-refractivity contribution in [3.8, 4) is 0 Å². The van der Waals surface area contributed by atoms with Crippen molar-refractivity contribution in [2.24, 2.45) is 5.84 Å². The van der Waals surface area contributed by atoms with Crippen molar-refractivity contribution in [3.63, 3.8) is 0 Å². The molecule has 0 unspecified atom stereocenters. The normalized spacial score (nSPS) is 10.6. The molecule has 0 fully saturated rings. The Morgan fingerprint density at radius 2 is 2.10 bits per heavy atom. The molecular formula is C12H18N6OS. The third-order valence-electron chi connectivity index (χ3n) is 2.70. The molecule has 2 heterocycles. The minimum absolute atomic E-state index is 0.365. The Morgan fingerprint density at radius 1 is 1.30 bits per heavy atom. The molecule has 2 aromatic heterocycles. The van der Waals surface area contributed by atoms with E-state index in [1.807, 2.05) is 17.0 Å². The van der Waals surface area contributed by atoms with Crippen LogP contribution in [0, 0.1) is 0 Å². The van der Waals surface area contributed by atoms with Crippen LogP contribution in [0.5, 0.6) is 0 Å². The predicted molar refractivity (Wildman–Crippen MR) is 79.5 cm³/mol. The minimum atomic E-state index is 0.365. The van der Waals surface area contributed by atoms with E-state index < -0.39 is 0 Å². The van der Waals surface area contributed by atoms with Gasteiger partial charge < -0.3 is 9.32 Å². The molecule has 20 heavy (non-hydrogen) atoms. The highest BCUT2D eigenvalue weighted by atomic mass is 32.2. The highest BCUT2D eigenvalue weighted by molar-refractivity contribution is 7.98. The number of nitrogen functional groups attached to an aromatic ring is 1. The topological polar surface area (TPSA) is 93.1 Å². The van der Waals surface area contributed by atoms with Crippen LogP contribution in [-0.2, 0) is 5.75 Å². The van der Waals surface area contributed by atoms with Gasteiger partial charge in [-0.15, -0.1) is 0 Å². The van der Waals surface area contributed by atoms with Gasteiger partial charge in [-0.25, -0.2) is 5.84 Å². The molecule has 0 radical (unpaired) electrons. The van der Waals surface area contributed by atoms with Crippen LogP contribution >= 0.6 is 11.8 Å². The van der Waals surface area contributed by atoms with Crippen LogP contribution in [0.3, 0.4) is 0 Å². The first-order valence-electron chi connectivity index (χ1n) is 6.39. The van der Waals surface area contributed by atoms with Gasteiger partial charge in [-0.3, -0.25) is 5.43 Å². The molecule has 0 aliphatic rings. The maximum absolute atomic E-state index is 5.41. The van der Waals surface area contributed by atoms with Crippen LogP contribution in [0.4, 0.5) is 11.9 Å². The molecule has 0 saturated heterocycles. The number of nitrogens with two attached hydrogens (primary N) is 1. The van der Waals surface area contributed by atoms with Gasteiger partial charge in [-0.2, -0.15) is 15.0 Å². The Bertz CT molecular complexity index is 529. The van der Waals surface area contributed by atoms with Gasteiger partial charge in [-0.05, 0) is 26.0 Å². The second kappa shape index (κ2) is 7.11. The van der Waals surface area contributed by atoms with Gasteiger partial charge in [0.25, 0.3) is 0 Å². The molecule has 0 aromatic carbocycles. The molecule has 0 atom stereocenters. The number of nitrogens with zero attached hydrogens (tertiary/aromatic N) is 4. The number of hydrogen-bond donors (Lipinski definition) is 2. The summed E-state index contributed by atoms with van der Waals surface area (Å²) in [6.45, 7) is 5.76. The molecule has 0 bridgehead atoms. The standard InChI is InChI=1S/C12H18N6OS/c1-3-18(4-2)11-14-10(17-13)15-12(16-11)20-8-9-6-5-7-19-9/h5-7H,3-4,8,13H2,1-2H3,(H,14,15,16,17). The first kappa shape index (κ1) is 14.6. The van der Waals surface area contributed by atoms with Crippen molar-refractivity contribution >= 4 is 23.7 Å². The molecule has 8 heteroatoms. The van der Waals surface area contributed by atoms with E-state index in [2.05, 4.69) is 34.2 Å². The number of aromatic nitrogens is 3. The van der Waals surface area contributed by atoms with Crippen molar-refractivity contribution in [3.05, 3.63) is 24.2 Å². The van der Waals surface area contributed by atoms with Crippen molar-refractivity contribution in [1.82, 2.24) is 15.0 Å². The molecule has 7 nitrogen and oxygen atoms in total. The van der Waals surface area contributed by atoms with Crippen molar-refractivity contribution < 1.29 is 4.42 Å². The largest absolute Gasteiger partial charge is 0.468 e. The fourth-order valence-electron chi connectivity index (χ4n) is 1.65. The van der Waals surface area contributed by atoms with E-state index in [4.69, 9.17) is 10.3 Å². The zero-order chi connectivity index (χ0) is 14.4. The number of thioether (sulfide) groups is 1. The maximum atomic E-state index is 5.41. The summed E-state index contributed by atoms with van der Waals surface area (Å²) in [4.78, 5) is 15.0. The Hall–Kier alpha value is -1.80. The lowest BCUT2D eigenvalue weighted by Gasteiger charge is -2.19. The highest BCUT2D eigenvalue weighted by Gasteiger charge is 2.11. The number of hydrazine groups is 1. The van der Waals surface area contributed by atoms with E-state index in [1.165, 1.54) is 11.8 Å². The van der Waals surface area contributed by atoms with E-state index in [0.717, 1.165) is 18.8 Å². The van der Waals surface area contributed by atoms with E-state index in [9.17, 15) is 0 Å². The van der Waals surface area contributed by atoms with Crippen LogP contribution in [0.1, 0.15) is 19.6 Å². The third kappa shape index (κ3) is 3.61. The number of nitrogens with one attached hydrogen (secondary N) is 1. The summed E-state index contributed by atoms with van der Waals surface area (Å²) in [6.07, 6.45) is 1.65. The quantitative estimate of drug-likeness (QED) is 0.454. The molecular weight excluding hydrogens is 276 g/mol. The zero-order valence-corrected chi connectivity index (χ0v) is 12.4. The van der Waals surface area contributed by atoms with E-state index in [-0.39, 0.29) is 0 Å². The average molecular weight is 294 g/mol. The lowest BCUT2D eigenvalue weighted by molar-refractivity contribution is 0.530. The molecule has 0 aliphatic heterocycles. The fraction of sp³-hybridized carbons (Fsp3) is 0.417. The summed E-state index contributed by atoms with van der Waals surface area (Å²) in [5.41, 5.74) is 2.48. The number of hydrogen-bond acceptors (Lipinski definition) is 8. The Labute approximate surface area is 122 Å². The Balaban J connectivity index is 2.16. The van der Waals surface area contributed by atoms with Crippen LogP contribution in [-0.4, -0.2) is 28.0 Å². The maximum Gasteiger partial charge on any atom is 0.242 e. The van der Waals surface area contributed by atoms with Gasteiger partial charge in [0.1, 0.15) is 5.76 Å². The molecule has 3 N–H and O–H groups in total. The third-order valence-corrected chi connectivity index (χ3v) is 3.57. The van der Waals surface area contributed by atoms with E-state index in [1.54, 1.807) is 6.26 Å². The second-order valence-corrected chi connectivity index (χ2v) is 4.87. The summed E-state index contributed by atoms with van der Waals surface area (Å²) in [5, 5.41) is 0.617. The van der Waals surface area contributed by atoms with Gasteiger partial charge in [0.2, 0.25) is 11.9 Å². The summed E-state index contributed by atoms with van der Waals surface area (Å²) < 4.78 is 5.29. The number of rotatable bonds is 7. The van der Waals surface area contributed by atoms with Crippen molar-refractivity contribution in [2.45, 2.75) is 24.8 Å². The molecule has 0 saturated carbocycles. The lowest BCUT2D eigenvalue weighted by atomic mass is 10.5. The molecule has 0 aliphatic carbocycles. The molecule has 2 aromatic rings. The van der Waals surface area contributed by atoms with Crippen LogP contribution in [0.15, 0.2) is 28.0 Å². The molecule has 0 spiro atoms. The van der Waals surface area contributed by atoms with Gasteiger partial charge in [0, 0.05) is 13.1 Å². The van der Waals surface area contributed by atoms with Gasteiger partial charge in [0.15, 0.2) is 5.16 Å². The average Bonchev–Trinajstić information content (AvgIpc) is 2.99.